The lowest BCUT2D eigenvalue weighted by Gasteiger charge is -2.08. The highest BCUT2D eigenvalue weighted by atomic mass is 16.4. The third-order valence-electron chi connectivity index (χ3n) is 1.81. The van der Waals surface area contributed by atoms with Crippen molar-refractivity contribution in [2.45, 2.75) is 12.6 Å². The van der Waals surface area contributed by atoms with Crippen LogP contribution >= 0.6 is 0 Å². The maximum Gasteiger partial charge on any atom is 0.334 e. The molecule has 92 valence electrons. The summed E-state index contributed by atoms with van der Waals surface area (Å²) in [6, 6.07) is 1.05. The molecule has 1 rings (SSSR count). The highest BCUT2D eigenvalue weighted by molar-refractivity contribution is 5.76. The minimum Gasteiger partial charge on any atom is -0.479 e. The van der Waals surface area contributed by atoms with E-state index in [-0.39, 0.29) is 13.1 Å². The molecule has 1 aromatic rings. The van der Waals surface area contributed by atoms with Crippen LogP contribution in [0.2, 0.25) is 0 Å². The second-order valence-electron chi connectivity index (χ2n) is 3.12. The van der Waals surface area contributed by atoms with E-state index in [1.165, 1.54) is 12.5 Å². The fourth-order valence-corrected chi connectivity index (χ4v) is 0.933. The number of carboxylic acids is 1. The maximum atomic E-state index is 11.2. The summed E-state index contributed by atoms with van der Waals surface area (Å²) in [6.07, 6.45) is 1.28. The SMILES string of the molecule is O=C(NCc1ccncn1)NCC(O)C(=O)O. The normalized spacial score (nSPS) is 11.6. The fourth-order valence-electron chi connectivity index (χ4n) is 0.933. The zero-order valence-corrected chi connectivity index (χ0v) is 8.83. The van der Waals surface area contributed by atoms with E-state index in [2.05, 4.69) is 20.6 Å². The van der Waals surface area contributed by atoms with Crippen LogP contribution in [-0.4, -0.2) is 44.8 Å². The average Bonchev–Trinajstić information content (AvgIpc) is 2.34. The Hall–Kier alpha value is -2.22. The molecular weight excluding hydrogens is 228 g/mol. The Balaban J connectivity index is 2.24. The lowest BCUT2D eigenvalue weighted by molar-refractivity contribution is -0.146. The quantitative estimate of drug-likeness (QED) is 0.508. The van der Waals surface area contributed by atoms with Gasteiger partial charge in [-0.1, -0.05) is 0 Å². The minimum absolute atomic E-state index is 0.192. The molecule has 1 atom stereocenters. The van der Waals surface area contributed by atoms with Gasteiger partial charge in [-0.05, 0) is 6.07 Å². The number of rotatable bonds is 5. The first-order chi connectivity index (χ1) is 8.09. The number of aliphatic hydroxyl groups is 1. The molecule has 4 N–H and O–H groups in total. The Kier molecular flexibility index (Phi) is 4.82. The summed E-state index contributed by atoms with van der Waals surface area (Å²) in [4.78, 5) is 29.0. The monoisotopic (exact) mass is 240 g/mol. The lowest BCUT2D eigenvalue weighted by atomic mass is 10.3. The number of nitrogens with one attached hydrogen (secondary N) is 2. The number of carboxylic acid groups (broad SMARTS) is 1. The molecular formula is C9H12N4O4. The zero-order chi connectivity index (χ0) is 12.7. The van der Waals surface area contributed by atoms with Gasteiger partial charge in [0.2, 0.25) is 0 Å². The number of aromatic nitrogens is 2. The predicted octanol–water partition coefficient (Wildman–Crippen LogP) is -1.28. The maximum absolute atomic E-state index is 11.2. The van der Waals surface area contributed by atoms with E-state index in [0.717, 1.165) is 0 Å². The molecule has 0 fully saturated rings. The van der Waals surface area contributed by atoms with Crippen molar-refractivity contribution >= 4 is 12.0 Å². The van der Waals surface area contributed by atoms with E-state index in [0.29, 0.717) is 5.69 Å². The van der Waals surface area contributed by atoms with Gasteiger partial charge < -0.3 is 20.8 Å². The number of nitrogens with zero attached hydrogens (tertiary/aromatic N) is 2. The Bertz CT molecular complexity index is 384. The topological polar surface area (TPSA) is 124 Å². The molecule has 0 aromatic carbocycles. The standard InChI is InChI=1S/C9H12N4O4/c14-7(8(15)16)4-12-9(17)11-3-6-1-2-10-5-13-6/h1-2,5,7,14H,3-4H2,(H,15,16)(H2,11,12,17). The molecule has 0 radical (unpaired) electrons. The second-order valence-corrected chi connectivity index (χ2v) is 3.12. The molecule has 0 aliphatic carbocycles. The third-order valence-corrected chi connectivity index (χ3v) is 1.81. The molecule has 2 amide bonds. The van der Waals surface area contributed by atoms with Gasteiger partial charge in [0.15, 0.2) is 6.10 Å². The number of amides is 2. The summed E-state index contributed by atoms with van der Waals surface area (Å²) in [5.74, 6) is -1.39. The Morgan fingerprint density at radius 1 is 1.41 bits per heavy atom. The Morgan fingerprint density at radius 2 is 2.18 bits per heavy atom. The van der Waals surface area contributed by atoms with E-state index < -0.39 is 18.1 Å². The van der Waals surface area contributed by atoms with E-state index in [1.807, 2.05) is 0 Å². The molecule has 8 heteroatoms. The number of hydrogen-bond acceptors (Lipinski definition) is 5. The van der Waals surface area contributed by atoms with Crippen molar-refractivity contribution in [2.75, 3.05) is 6.54 Å². The molecule has 0 saturated carbocycles. The van der Waals surface area contributed by atoms with Crippen molar-refractivity contribution in [3.8, 4) is 0 Å². The summed E-state index contributed by atoms with van der Waals surface area (Å²) < 4.78 is 0. The van der Waals surface area contributed by atoms with Crippen molar-refractivity contribution in [3.05, 3.63) is 24.3 Å². The van der Waals surface area contributed by atoms with Gasteiger partial charge in [-0.2, -0.15) is 0 Å². The van der Waals surface area contributed by atoms with Gasteiger partial charge in [0.05, 0.1) is 18.8 Å². The zero-order valence-electron chi connectivity index (χ0n) is 8.83. The van der Waals surface area contributed by atoms with E-state index in [1.54, 1.807) is 6.07 Å². The second kappa shape index (κ2) is 6.38. The molecule has 0 spiro atoms. The minimum atomic E-state index is -1.61. The van der Waals surface area contributed by atoms with E-state index in [4.69, 9.17) is 10.2 Å². The molecule has 1 heterocycles. The van der Waals surface area contributed by atoms with Gasteiger partial charge in [0.1, 0.15) is 6.33 Å². The largest absolute Gasteiger partial charge is 0.479 e. The van der Waals surface area contributed by atoms with E-state index in [9.17, 15) is 9.59 Å². The predicted molar refractivity (Wildman–Crippen MR) is 55.9 cm³/mol. The van der Waals surface area contributed by atoms with Gasteiger partial charge in [-0.15, -0.1) is 0 Å². The summed E-state index contributed by atoms with van der Waals surface area (Å²) in [7, 11) is 0. The average molecular weight is 240 g/mol. The highest BCUT2D eigenvalue weighted by Crippen LogP contribution is 1.89. The Morgan fingerprint density at radius 3 is 2.76 bits per heavy atom. The van der Waals surface area contributed by atoms with Gasteiger partial charge in [0.25, 0.3) is 0 Å². The highest BCUT2D eigenvalue weighted by Gasteiger charge is 2.13. The van der Waals surface area contributed by atoms with Crippen LogP contribution in [0.3, 0.4) is 0 Å². The molecule has 0 aliphatic heterocycles. The van der Waals surface area contributed by atoms with Gasteiger partial charge in [0, 0.05) is 6.20 Å². The van der Waals surface area contributed by atoms with Crippen LogP contribution in [0.5, 0.6) is 0 Å². The number of carbonyl (C=O) groups excluding carboxylic acids is 1. The molecule has 1 unspecified atom stereocenters. The van der Waals surface area contributed by atoms with E-state index >= 15 is 0 Å². The van der Waals surface area contributed by atoms with Crippen molar-refractivity contribution in [2.24, 2.45) is 0 Å². The summed E-state index contributed by atoms with van der Waals surface area (Å²) in [5.41, 5.74) is 0.619. The number of aliphatic hydroxyl groups excluding tert-OH is 1. The molecule has 8 nitrogen and oxygen atoms in total. The van der Waals surface area contributed by atoms with Crippen LogP contribution in [0.15, 0.2) is 18.6 Å². The smallest absolute Gasteiger partial charge is 0.334 e. The Labute approximate surface area is 96.7 Å². The number of aliphatic carboxylic acids is 1. The van der Waals surface area contributed by atoms with Crippen LogP contribution in [-0.2, 0) is 11.3 Å². The summed E-state index contributed by atoms with van der Waals surface area (Å²) >= 11 is 0. The van der Waals surface area contributed by atoms with Crippen LogP contribution in [0, 0.1) is 0 Å². The fraction of sp³-hybridized carbons (Fsp3) is 0.333. The first-order valence-electron chi connectivity index (χ1n) is 4.77. The third kappa shape index (κ3) is 4.89. The van der Waals surface area contributed by atoms with Crippen molar-refractivity contribution < 1.29 is 19.8 Å². The summed E-state index contributed by atoms with van der Waals surface area (Å²) in [5, 5.41) is 21.9. The first-order valence-corrected chi connectivity index (χ1v) is 4.77. The van der Waals surface area contributed by atoms with Crippen LogP contribution in [0.1, 0.15) is 5.69 Å². The number of hydrogen-bond donors (Lipinski definition) is 4. The first kappa shape index (κ1) is 12.8. The molecule has 1 aromatic heterocycles. The molecule has 17 heavy (non-hydrogen) atoms. The van der Waals surface area contributed by atoms with Gasteiger partial charge in [-0.3, -0.25) is 0 Å². The lowest BCUT2D eigenvalue weighted by Crippen LogP contribution is -2.41. The van der Waals surface area contributed by atoms with Crippen LogP contribution in [0.4, 0.5) is 4.79 Å². The van der Waals surface area contributed by atoms with Gasteiger partial charge >= 0.3 is 12.0 Å². The molecule has 0 bridgehead atoms. The van der Waals surface area contributed by atoms with Crippen LogP contribution in [0.25, 0.3) is 0 Å². The number of urea groups is 1. The van der Waals surface area contributed by atoms with Crippen LogP contribution < -0.4 is 10.6 Å². The molecule has 0 saturated heterocycles. The summed E-state index contributed by atoms with van der Waals surface area (Å²) in [6.45, 7) is -0.164. The van der Waals surface area contributed by atoms with Crippen molar-refractivity contribution in [1.29, 1.82) is 0 Å². The van der Waals surface area contributed by atoms with Gasteiger partial charge in [-0.25, -0.2) is 19.6 Å². The number of carbonyl (C=O) groups is 2. The van der Waals surface area contributed by atoms with Crippen molar-refractivity contribution in [3.63, 3.8) is 0 Å². The molecule has 0 aliphatic rings. The van der Waals surface area contributed by atoms with Crippen molar-refractivity contribution in [1.82, 2.24) is 20.6 Å².